The lowest BCUT2D eigenvalue weighted by atomic mass is 10.0. The fraction of sp³-hybridized carbons (Fsp3) is 0.467. The Morgan fingerprint density at radius 3 is 2.80 bits per heavy atom. The molecule has 1 saturated heterocycles. The summed E-state index contributed by atoms with van der Waals surface area (Å²) in [5, 5.41) is 8.71. The number of nitrogens with zero attached hydrogens (tertiary/aromatic N) is 2. The van der Waals surface area contributed by atoms with E-state index in [1.165, 1.54) is 0 Å². The molecule has 2 N–H and O–H groups in total. The Hall–Kier alpha value is -2.06. The fourth-order valence-electron chi connectivity index (χ4n) is 2.49. The minimum atomic E-state index is -0.247. The third kappa shape index (κ3) is 3.72. The molecule has 1 unspecified atom stereocenters. The monoisotopic (exact) mass is 273 g/mol. The number of hydrogen-bond donors (Lipinski definition) is 1. The SMILES string of the molecule is N#Cc1ccc(OCCN2CCCCC2C(N)=O)cc1. The number of amides is 1. The molecule has 2 rings (SSSR count). The number of likely N-dealkylation sites (tertiary alicyclic amines) is 1. The second-order valence-corrected chi connectivity index (χ2v) is 4.93. The largest absolute Gasteiger partial charge is 0.492 e. The van der Waals surface area contributed by atoms with Crippen LogP contribution in [0.25, 0.3) is 0 Å². The van der Waals surface area contributed by atoms with E-state index in [0.717, 1.165) is 31.6 Å². The van der Waals surface area contributed by atoms with Crippen molar-refractivity contribution in [2.45, 2.75) is 25.3 Å². The molecule has 1 heterocycles. The van der Waals surface area contributed by atoms with E-state index in [1.54, 1.807) is 24.3 Å². The molecule has 1 atom stereocenters. The number of nitrogens with two attached hydrogens (primary N) is 1. The van der Waals surface area contributed by atoms with Crippen LogP contribution in [0.4, 0.5) is 0 Å². The Labute approximate surface area is 118 Å². The zero-order valence-corrected chi connectivity index (χ0v) is 11.4. The molecule has 0 aromatic heterocycles. The molecule has 1 aromatic carbocycles. The lowest BCUT2D eigenvalue weighted by Crippen LogP contribution is -2.48. The van der Waals surface area contributed by atoms with Crippen molar-refractivity contribution in [3.63, 3.8) is 0 Å². The predicted octanol–water partition coefficient (Wildman–Crippen LogP) is 1.28. The van der Waals surface area contributed by atoms with E-state index < -0.39 is 0 Å². The number of carbonyl (C=O) groups excluding carboxylic acids is 1. The van der Waals surface area contributed by atoms with Crippen molar-refractivity contribution in [1.82, 2.24) is 4.90 Å². The van der Waals surface area contributed by atoms with Gasteiger partial charge >= 0.3 is 0 Å². The number of carbonyl (C=O) groups is 1. The maximum atomic E-state index is 11.4. The van der Waals surface area contributed by atoms with Crippen LogP contribution in [0.15, 0.2) is 24.3 Å². The lowest BCUT2D eigenvalue weighted by Gasteiger charge is -2.33. The summed E-state index contributed by atoms with van der Waals surface area (Å²) in [7, 11) is 0. The van der Waals surface area contributed by atoms with Crippen LogP contribution in [-0.4, -0.2) is 36.5 Å². The maximum absolute atomic E-state index is 11.4. The highest BCUT2D eigenvalue weighted by molar-refractivity contribution is 5.79. The summed E-state index contributed by atoms with van der Waals surface area (Å²) in [5.41, 5.74) is 6.03. The molecule has 5 heteroatoms. The van der Waals surface area contributed by atoms with Crippen molar-refractivity contribution in [3.8, 4) is 11.8 Å². The van der Waals surface area contributed by atoms with Gasteiger partial charge in [-0.3, -0.25) is 9.69 Å². The normalized spacial score (nSPS) is 19.2. The van der Waals surface area contributed by atoms with Crippen molar-refractivity contribution in [3.05, 3.63) is 29.8 Å². The molecule has 1 amide bonds. The second kappa shape index (κ2) is 6.92. The molecule has 0 saturated carbocycles. The van der Waals surface area contributed by atoms with Gasteiger partial charge in [-0.25, -0.2) is 0 Å². The Morgan fingerprint density at radius 1 is 1.40 bits per heavy atom. The molecule has 106 valence electrons. The van der Waals surface area contributed by atoms with Gasteiger partial charge in [0.1, 0.15) is 12.4 Å². The third-order valence-electron chi connectivity index (χ3n) is 3.57. The highest BCUT2D eigenvalue weighted by atomic mass is 16.5. The van der Waals surface area contributed by atoms with Crippen LogP contribution < -0.4 is 10.5 Å². The molecule has 0 bridgehead atoms. The summed E-state index contributed by atoms with van der Waals surface area (Å²) in [6.45, 7) is 2.09. The minimum absolute atomic E-state index is 0.159. The zero-order valence-electron chi connectivity index (χ0n) is 11.4. The van der Waals surface area contributed by atoms with Crippen LogP contribution in [0, 0.1) is 11.3 Å². The van der Waals surface area contributed by atoms with E-state index >= 15 is 0 Å². The first-order valence-corrected chi connectivity index (χ1v) is 6.87. The average molecular weight is 273 g/mol. The standard InChI is InChI=1S/C15H19N3O2/c16-11-12-4-6-13(7-5-12)20-10-9-18-8-2-1-3-14(18)15(17)19/h4-7,14H,1-3,8-10H2,(H2,17,19). The summed E-state index contributed by atoms with van der Waals surface area (Å²) >= 11 is 0. The molecular formula is C15H19N3O2. The predicted molar refractivity (Wildman–Crippen MR) is 75.1 cm³/mol. The molecule has 5 nitrogen and oxygen atoms in total. The van der Waals surface area contributed by atoms with Gasteiger partial charge < -0.3 is 10.5 Å². The van der Waals surface area contributed by atoms with Crippen molar-refractivity contribution >= 4 is 5.91 Å². The summed E-state index contributed by atoms with van der Waals surface area (Å²) in [6.07, 6.45) is 2.99. The average Bonchev–Trinajstić information content (AvgIpc) is 2.48. The van der Waals surface area contributed by atoms with Gasteiger partial charge in [0.25, 0.3) is 0 Å². The molecule has 20 heavy (non-hydrogen) atoms. The Morgan fingerprint density at radius 2 is 2.15 bits per heavy atom. The highest BCUT2D eigenvalue weighted by Gasteiger charge is 2.26. The first-order valence-electron chi connectivity index (χ1n) is 6.87. The van der Waals surface area contributed by atoms with E-state index in [2.05, 4.69) is 11.0 Å². The van der Waals surface area contributed by atoms with E-state index in [1.807, 2.05) is 0 Å². The number of piperidine rings is 1. The van der Waals surface area contributed by atoms with Crippen molar-refractivity contribution < 1.29 is 9.53 Å². The van der Waals surface area contributed by atoms with Crippen molar-refractivity contribution in [2.24, 2.45) is 5.73 Å². The van der Waals surface area contributed by atoms with Gasteiger partial charge in [0.2, 0.25) is 5.91 Å². The number of hydrogen-bond acceptors (Lipinski definition) is 4. The molecule has 0 radical (unpaired) electrons. The summed E-state index contributed by atoms with van der Waals surface area (Å²) in [5.74, 6) is 0.486. The lowest BCUT2D eigenvalue weighted by molar-refractivity contribution is -0.124. The number of rotatable bonds is 5. The number of benzene rings is 1. The van der Waals surface area contributed by atoms with Gasteiger partial charge in [-0.15, -0.1) is 0 Å². The van der Waals surface area contributed by atoms with E-state index in [4.69, 9.17) is 15.7 Å². The van der Waals surface area contributed by atoms with E-state index in [9.17, 15) is 4.79 Å². The van der Waals surface area contributed by atoms with Gasteiger partial charge in [0.05, 0.1) is 17.7 Å². The number of ether oxygens (including phenoxy) is 1. The summed E-state index contributed by atoms with van der Waals surface area (Å²) < 4.78 is 5.63. The molecule has 0 aliphatic carbocycles. The maximum Gasteiger partial charge on any atom is 0.234 e. The number of nitriles is 1. The van der Waals surface area contributed by atoms with E-state index in [-0.39, 0.29) is 11.9 Å². The summed E-state index contributed by atoms with van der Waals surface area (Å²) in [4.78, 5) is 13.5. The molecule has 1 aliphatic heterocycles. The minimum Gasteiger partial charge on any atom is -0.492 e. The first kappa shape index (κ1) is 14.4. The second-order valence-electron chi connectivity index (χ2n) is 4.93. The Bertz CT molecular complexity index is 493. The molecule has 1 fully saturated rings. The topological polar surface area (TPSA) is 79.3 Å². The van der Waals surface area contributed by atoms with Crippen LogP contribution in [0.2, 0.25) is 0 Å². The Kier molecular flexibility index (Phi) is 4.97. The van der Waals surface area contributed by atoms with E-state index in [0.29, 0.717) is 18.7 Å². The molecule has 1 aromatic rings. The van der Waals surface area contributed by atoms with Crippen LogP contribution in [0.1, 0.15) is 24.8 Å². The first-order chi connectivity index (χ1) is 9.70. The van der Waals surface area contributed by atoms with Gasteiger partial charge in [-0.1, -0.05) is 6.42 Å². The van der Waals surface area contributed by atoms with Crippen molar-refractivity contribution in [1.29, 1.82) is 5.26 Å². The highest BCUT2D eigenvalue weighted by Crippen LogP contribution is 2.17. The van der Waals surface area contributed by atoms with Gasteiger partial charge in [0.15, 0.2) is 0 Å². The van der Waals surface area contributed by atoms with Crippen LogP contribution >= 0.6 is 0 Å². The number of primary amides is 1. The molecular weight excluding hydrogens is 254 g/mol. The van der Waals surface area contributed by atoms with Crippen molar-refractivity contribution in [2.75, 3.05) is 19.7 Å². The van der Waals surface area contributed by atoms with Crippen LogP contribution in [0.3, 0.4) is 0 Å². The van der Waals surface area contributed by atoms with Crippen LogP contribution in [-0.2, 0) is 4.79 Å². The smallest absolute Gasteiger partial charge is 0.234 e. The summed E-state index contributed by atoms with van der Waals surface area (Å²) in [6, 6.07) is 8.91. The van der Waals surface area contributed by atoms with Gasteiger partial charge in [-0.2, -0.15) is 5.26 Å². The Balaban J connectivity index is 1.82. The molecule has 1 aliphatic rings. The fourth-order valence-corrected chi connectivity index (χ4v) is 2.49. The van der Waals surface area contributed by atoms with Gasteiger partial charge in [0, 0.05) is 6.54 Å². The quantitative estimate of drug-likeness (QED) is 0.876. The third-order valence-corrected chi connectivity index (χ3v) is 3.57. The van der Waals surface area contributed by atoms with Gasteiger partial charge in [-0.05, 0) is 43.7 Å². The zero-order chi connectivity index (χ0) is 14.4. The molecule has 0 spiro atoms. The van der Waals surface area contributed by atoms with Crippen LogP contribution in [0.5, 0.6) is 5.75 Å².